The smallest absolute Gasteiger partial charge is 0.333 e. The molecule has 0 saturated heterocycles. The highest BCUT2D eigenvalue weighted by atomic mass is 16.3. The zero-order valence-electron chi connectivity index (χ0n) is 34.5. The van der Waals surface area contributed by atoms with Crippen LogP contribution in [0.1, 0.15) is 50.7 Å². The number of benzene rings is 8. The molecule has 0 saturated carbocycles. The van der Waals surface area contributed by atoms with Crippen LogP contribution in [0.5, 0.6) is 0 Å². The van der Waals surface area contributed by atoms with E-state index in [0.717, 1.165) is 92.1 Å². The third-order valence-corrected chi connectivity index (χ3v) is 13.7. The van der Waals surface area contributed by atoms with Gasteiger partial charge in [0.15, 0.2) is 0 Å². The number of hydrogen-bond donors (Lipinski definition) is 0. The predicted molar refractivity (Wildman–Crippen MR) is 257 cm³/mol. The second kappa shape index (κ2) is 13.3. The second-order valence-corrected chi connectivity index (χ2v) is 17.3. The maximum Gasteiger partial charge on any atom is 0.333 e. The van der Waals surface area contributed by atoms with E-state index in [1.807, 2.05) is 0 Å². The van der Waals surface area contributed by atoms with Gasteiger partial charge >= 0.3 is 6.85 Å². The number of anilines is 2. The molecule has 8 aromatic carbocycles. The van der Waals surface area contributed by atoms with Crippen LogP contribution in [0.3, 0.4) is 0 Å². The van der Waals surface area contributed by atoms with Gasteiger partial charge in [0.25, 0.3) is 0 Å². The maximum absolute atomic E-state index is 7.06. The Morgan fingerprint density at radius 2 is 1.18 bits per heavy atom. The average Bonchev–Trinajstić information content (AvgIpc) is 3.98. The summed E-state index contributed by atoms with van der Waals surface area (Å²) in [5, 5.41) is 7.20. The van der Waals surface area contributed by atoms with Crippen molar-refractivity contribution in [2.45, 2.75) is 52.4 Å². The molecule has 11 aromatic rings. The molecule has 0 N–H and O–H groups in total. The van der Waals surface area contributed by atoms with Crippen LogP contribution in [0.2, 0.25) is 0 Å². The predicted octanol–water partition coefficient (Wildman–Crippen LogP) is 14.2. The largest absolute Gasteiger partial charge is 0.456 e. The lowest BCUT2D eigenvalue weighted by Gasteiger charge is -2.42. The molecule has 0 bridgehead atoms. The summed E-state index contributed by atoms with van der Waals surface area (Å²) in [4.78, 5) is 2.64. The van der Waals surface area contributed by atoms with Gasteiger partial charge in [0.1, 0.15) is 22.3 Å². The van der Waals surface area contributed by atoms with Gasteiger partial charge in [-0.25, -0.2) is 0 Å². The molecule has 3 aromatic heterocycles. The highest BCUT2D eigenvalue weighted by Gasteiger charge is 2.46. The molecule has 0 spiro atoms. The van der Waals surface area contributed by atoms with Crippen LogP contribution in [0.25, 0.3) is 93.6 Å². The monoisotopic (exact) mass is 786 g/mol. The Labute approximate surface area is 354 Å². The summed E-state index contributed by atoms with van der Waals surface area (Å²) in [7, 11) is 0. The number of nitrogens with zero attached hydrogens (tertiary/aromatic N) is 2. The zero-order valence-corrected chi connectivity index (χ0v) is 34.5. The average molecular weight is 787 g/mol. The van der Waals surface area contributed by atoms with Crippen LogP contribution in [-0.4, -0.2) is 11.4 Å². The first-order valence-electron chi connectivity index (χ1n) is 22.2. The Morgan fingerprint density at radius 3 is 1.97 bits per heavy atom. The molecule has 5 heteroatoms. The highest BCUT2D eigenvalue weighted by Crippen LogP contribution is 2.50. The molecule has 2 aliphatic rings. The van der Waals surface area contributed by atoms with Gasteiger partial charge < -0.3 is 18.2 Å². The Bertz CT molecular complexity index is 3570. The molecule has 2 aliphatic heterocycles. The van der Waals surface area contributed by atoms with Crippen molar-refractivity contribution >= 4 is 94.8 Å². The summed E-state index contributed by atoms with van der Waals surface area (Å²) in [6, 6.07) is 56.4. The van der Waals surface area contributed by atoms with E-state index in [2.05, 4.69) is 175 Å². The SMILES string of the molecule is CCCCc1ccc2c(c1)c1cc(CCCC)cc3c1n2-c1cc2c(oc4ccccc42)c2c1B3N(c1ccc(-c3ccccc3)cc1)c1cc3c(cc1-2)oc1ccccc13. The number of unbranched alkanes of at least 4 members (excludes halogenated alkanes) is 2. The van der Waals surface area contributed by atoms with Crippen LogP contribution in [0, 0.1) is 0 Å². The first-order chi connectivity index (χ1) is 30.2. The molecule has 292 valence electrons. The number of aryl methyl sites for hydroxylation is 2. The van der Waals surface area contributed by atoms with Crippen molar-refractivity contribution in [3.05, 3.63) is 163 Å². The Balaban J connectivity index is 1.20. The van der Waals surface area contributed by atoms with Gasteiger partial charge in [0.2, 0.25) is 0 Å². The molecule has 13 rings (SSSR count). The first-order valence-corrected chi connectivity index (χ1v) is 22.2. The van der Waals surface area contributed by atoms with Crippen molar-refractivity contribution < 1.29 is 8.83 Å². The number of aromatic nitrogens is 1. The zero-order chi connectivity index (χ0) is 40.3. The topological polar surface area (TPSA) is 34.5 Å². The number of fused-ring (bicyclic) bond motifs is 14. The normalized spacial score (nSPS) is 13.1. The number of para-hydroxylation sites is 2. The lowest BCUT2D eigenvalue weighted by molar-refractivity contribution is 0.668. The summed E-state index contributed by atoms with van der Waals surface area (Å²) in [5.41, 5.74) is 19.8. The van der Waals surface area contributed by atoms with Crippen molar-refractivity contribution in [3.63, 3.8) is 0 Å². The Hall–Kier alpha value is -6.98. The Kier molecular flexibility index (Phi) is 7.58. The standard InChI is InChI=1S/C56H43BN2O2/c1-3-5-14-34-22-27-47-41(28-34)43-29-35(15-6-4-2)30-46-55(43)58(47)49-32-44-40-19-11-13-21-51(40)61-56(44)53-45-33-52-42(39-18-10-12-20-50(39)60-52)31-48(45)59(57(46)54(49)53)38-25-23-37(24-26-38)36-16-8-7-9-17-36/h7-13,16-33H,3-6,14-15H2,1-2H3. The van der Waals surface area contributed by atoms with Crippen LogP contribution >= 0.6 is 0 Å². The summed E-state index contributed by atoms with van der Waals surface area (Å²) < 4.78 is 16.4. The minimum absolute atomic E-state index is 0.131. The fraction of sp³-hybridized carbons (Fsp3) is 0.143. The van der Waals surface area contributed by atoms with Crippen LogP contribution in [-0.2, 0) is 12.8 Å². The van der Waals surface area contributed by atoms with E-state index >= 15 is 0 Å². The molecule has 61 heavy (non-hydrogen) atoms. The number of rotatable bonds is 8. The molecule has 0 unspecified atom stereocenters. The maximum atomic E-state index is 7.06. The third-order valence-electron chi connectivity index (χ3n) is 13.7. The van der Waals surface area contributed by atoms with Gasteiger partial charge in [0.05, 0.1) is 11.0 Å². The van der Waals surface area contributed by atoms with Crippen molar-refractivity contribution in [2.75, 3.05) is 4.81 Å². The van der Waals surface area contributed by atoms with E-state index in [1.54, 1.807) is 0 Å². The number of hydrogen-bond acceptors (Lipinski definition) is 3. The van der Waals surface area contributed by atoms with Crippen LogP contribution in [0.4, 0.5) is 11.4 Å². The van der Waals surface area contributed by atoms with E-state index in [1.165, 1.54) is 73.5 Å². The van der Waals surface area contributed by atoms with Gasteiger partial charge in [-0.1, -0.05) is 118 Å². The van der Waals surface area contributed by atoms with Crippen molar-refractivity contribution in [1.29, 1.82) is 0 Å². The van der Waals surface area contributed by atoms with E-state index in [9.17, 15) is 0 Å². The molecule has 0 radical (unpaired) electrons. The molecule has 0 aliphatic carbocycles. The minimum Gasteiger partial charge on any atom is -0.456 e. The first kappa shape index (κ1) is 34.8. The fourth-order valence-corrected chi connectivity index (χ4v) is 10.9. The lowest BCUT2D eigenvalue weighted by atomic mass is 9.43. The van der Waals surface area contributed by atoms with Gasteiger partial charge in [-0.15, -0.1) is 0 Å². The summed E-state index contributed by atoms with van der Waals surface area (Å²) >= 11 is 0. The van der Waals surface area contributed by atoms with Crippen LogP contribution in [0.15, 0.2) is 160 Å². The molecular weight excluding hydrogens is 743 g/mol. The van der Waals surface area contributed by atoms with Crippen molar-refractivity contribution in [3.8, 4) is 27.9 Å². The van der Waals surface area contributed by atoms with E-state index in [0.29, 0.717) is 0 Å². The van der Waals surface area contributed by atoms with Crippen molar-refractivity contribution in [1.82, 2.24) is 4.57 Å². The molecule has 4 nitrogen and oxygen atoms in total. The molecule has 0 amide bonds. The summed E-state index contributed by atoms with van der Waals surface area (Å²) in [6.07, 6.45) is 6.80. The lowest BCUT2D eigenvalue weighted by Crippen LogP contribution is -2.60. The van der Waals surface area contributed by atoms with Gasteiger partial charge in [-0.2, -0.15) is 0 Å². The third kappa shape index (κ3) is 5.01. The fourth-order valence-electron chi connectivity index (χ4n) is 10.9. The molecule has 0 atom stereocenters. The van der Waals surface area contributed by atoms with E-state index < -0.39 is 0 Å². The molecule has 5 heterocycles. The second-order valence-electron chi connectivity index (χ2n) is 17.3. The van der Waals surface area contributed by atoms with Gasteiger partial charge in [-0.3, -0.25) is 0 Å². The van der Waals surface area contributed by atoms with E-state index in [-0.39, 0.29) is 6.85 Å². The summed E-state index contributed by atoms with van der Waals surface area (Å²) in [6.45, 7) is 4.46. The van der Waals surface area contributed by atoms with Crippen LogP contribution < -0.4 is 15.7 Å². The van der Waals surface area contributed by atoms with E-state index in [4.69, 9.17) is 8.83 Å². The quantitative estimate of drug-likeness (QED) is 0.144. The van der Waals surface area contributed by atoms with Gasteiger partial charge in [0, 0.05) is 60.5 Å². The molecular formula is C56H43BN2O2. The van der Waals surface area contributed by atoms with Crippen molar-refractivity contribution in [2.24, 2.45) is 0 Å². The summed E-state index contributed by atoms with van der Waals surface area (Å²) in [5.74, 6) is 0. The highest BCUT2D eigenvalue weighted by molar-refractivity contribution is 6.94. The van der Waals surface area contributed by atoms with Gasteiger partial charge in [-0.05, 0) is 120 Å². The Morgan fingerprint density at radius 1 is 0.508 bits per heavy atom. The molecule has 0 fully saturated rings. The number of furan rings is 2. The minimum atomic E-state index is -0.131.